The van der Waals surface area contributed by atoms with Crippen molar-refractivity contribution in [1.29, 1.82) is 0 Å². The molecule has 78 valence electrons. The van der Waals surface area contributed by atoms with Gasteiger partial charge in [0.1, 0.15) is 6.61 Å². The van der Waals surface area contributed by atoms with Crippen LogP contribution >= 0.6 is 0 Å². The van der Waals surface area contributed by atoms with Gasteiger partial charge in [0.05, 0.1) is 6.54 Å². The summed E-state index contributed by atoms with van der Waals surface area (Å²) in [5, 5.41) is 0. The third-order valence-corrected chi connectivity index (χ3v) is 2.07. The van der Waals surface area contributed by atoms with Gasteiger partial charge in [-0.2, -0.15) is 0 Å². The fourth-order valence-corrected chi connectivity index (χ4v) is 1.23. The van der Waals surface area contributed by atoms with Crippen molar-refractivity contribution in [2.75, 3.05) is 33.3 Å². The van der Waals surface area contributed by atoms with Gasteiger partial charge in [-0.05, 0) is 0 Å². The quantitative estimate of drug-likeness (QED) is 0.475. The van der Waals surface area contributed by atoms with Crippen molar-refractivity contribution in [2.24, 2.45) is 0 Å². The Hall–Kier alpha value is -1.52. The predicted octanol–water partition coefficient (Wildman–Crippen LogP) is 0.0830. The molecule has 1 aliphatic rings. The molecule has 5 nitrogen and oxygen atoms in total. The molecule has 1 saturated heterocycles. The lowest BCUT2D eigenvalue weighted by Crippen LogP contribution is -2.32. The smallest absolute Gasteiger partial charge is 0.330 e. The Labute approximate surface area is 82.9 Å². The minimum atomic E-state index is -0.454. The molecule has 0 spiro atoms. The summed E-state index contributed by atoms with van der Waals surface area (Å²) in [6.07, 6.45) is 1.11. The van der Waals surface area contributed by atoms with E-state index in [1.54, 1.807) is 16.8 Å². The summed E-state index contributed by atoms with van der Waals surface area (Å²) in [5.41, 5.74) is 0. The van der Waals surface area contributed by atoms with E-state index in [0.29, 0.717) is 13.1 Å². The van der Waals surface area contributed by atoms with Gasteiger partial charge in [-0.15, -0.1) is 0 Å². The Bertz CT molecular complexity index is 252. The molecule has 0 saturated carbocycles. The molecule has 0 aromatic heterocycles. The Kier molecular flexibility index (Phi) is 3.50. The molecule has 5 heteroatoms. The maximum Gasteiger partial charge on any atom is 0.330 e. The fourth-order valence-electron chi connectivity index (χ4n) is 1.23. The second kappa shape index (κ2) is 4.64. The summed E-state index contributed by atoms with van der Waals surface area (Å²) in [6, 6.07) is -0.0142. The summed E-state index contributed by atoms with van der Waals surface area (Å²) in [4.78, 5) is 25.3. The van der Waals surface area contributed by atoms with Crippen molar-refractivity contribution >= 4 is 12.0 Å². The number of urea groups is 1. The lowest BCUT2D eigenvalue weighted by molar-refractivity contribution is -0.137. The van der Waals surface area contributed by atoms with Crippen LogP contribution in [0.5, 0.6) is 0 Å². The molecule has 1 aliphatic heterocycles. The van der Waals surface area contributed by atoms with Crippen LogP contribution in [0.4, 0.5) is 4.79 Å². The van der Waals surface area contributed by atoms with Crippen molar-refractivity contribution in [1.82, 2.24) is 9.80 Å². The van der Waals surface area contributed by atoms with E-state index in [9.17, 15) is 9.59 Å². The number of hydrogen-bond acceptors (Lipinski definition) is 3. The molecule has 0 unspecified atom stereocenters. The highest BCUT2D eigenvalue weighted by atomic mass is 16.5. The molecule has 14 heavy (non-hydrogen) atoms. The standard InChI is InChI=1S/C9H14N2O3/c1-3-8(12)14-7-6-11-5-4-10(2)9(11)13/h3H,1,4-7H2,2H3. The normalized spacial score (nSPS) is 15.9. The van der Waals surface area contributed by atoms with Crippen LogP contribution in [0.25, 0.3) is 0 Å². The third-order valence-electron chi connectivity index (χ3n) is 2.07. The molecule has 0 aliphatic carbocycles. The van der Waals surface area contributed by atoms with E-state index in [4.69, 9.17) is 4.74 Å². The van der Waals surface area contributed by atoms with Crippen molar-refractivity contribution in [3.05, 3.63) is 12.7 Å². The SMILES string of the molecule is C=CC(=O)OCCN1CCN(C)C1=O. The second-order valence-electron chi connectivity index (χ2n) is 3.06. The van der Waals surface area contributed by atoms with Crippen LogP contribution in [0.1, 0.15) is 0 Å². The summed E-state index contributed by atoms with van der Waals surface area (Å²) < 4.78 is 4.77. The number of ether oxygens (including phenoxy) is 1. The third kappa shape index (κ3) is 2.48. The predicted molar refractivity (Wildman–Crippen MR) is 50.8 cm³/mol. The molecular formula is C9H14N2O3. The first-order valence-corrected chi connectivity index (χ1v) is 4.44. The summed E-state index contributed by atoms with van der Waals surface area (Å²) in [5.74, 6) is -0.454. The molecule has 0 aromatic carbocycles. The molecular weight excluding hydrogens is 184 g/mol. The van der Waals surface area contributed by atoms with Gasteiger partial charge in [0.15, 0.2) is 0 Å². The second-order valence-corrected chi connectivity index (χ2v) is 3.06. The molecule has 0 bridgehead atoms. The average molecular weight is 198 g/mol. The monoisotopic (exact) mass is 198 g/mol. The lowest BCUT2D eigenvalue weighted by Gasteiger charge is -2.15. The Balaban J connectivity index is 2.22. The minimum absolute atomic E-state index is 0.0142. The first-order chi connectivity index (χ1) is 6.65. The van der Waals surface area contributed by atoms with Crippen molar-refractivity contribution < 1.29 is 14.3 Å². The topological polar surface area (TPSA) is 49.9 Å². The zero-order valence-corrected chi connectivity index (χ0v) is 8.23. The molecule has 1 heterocycles. The number of nitrogens with zero attached hydrogens (tertiary/aromatic N) is 2. The largest absolute Gasteiger partial charge is 0.461 e. The lowest BCUT2D eigenvalue weighted by atomic mass is 10.5. The zero-order chi connectivity index (χ0) is 10.6. The van der Waals surface area contributed by atoms with Gasteiger partial charge < -0.3 is 14.5 Å². The van der Waals surface area contributed by atoms with Crippen LogP contribution < -0.4 is 0 Å². The van der Waals surface area contributed by atoms with Crippen molar-refractivity contribution in [2.45, 2.75) is 0 Å². The number of hydrogen-bond donors (Lipinski definition) is 0. The van der Waals surface area contributed by atoms with E-state index in [-0.39, 0.29) is 12.6 Å². The van der Waals surface area contributed by atoms with Gasteiger partial charge in [0, 0.05) is 26.2 Å². The van der Waals surface area contributed by atoms with E-state index < -0.39 is 5.97 Å². The molecule has 0 atom stereocenters. The Morgan fingerprint density at radius 2 is 2.36 bits per heavy atom. The zero-order valence-electron chi connectivity index (χ0n) is 8.23. The number of amides is 2. The van der Waals surface area contributed by atoms with Crippen LogP contribution in [-0.4, -0.2) is 55.1 Å². The van der Waals surface area contributed by atoms with Crippen LogP contribution in [0.15, 0.2) is 12.7 Å². The van der Waals surface area contributed by atoms with E-state index in [0.717, 1.165) is 12.6 Å². The van der Waals surface area contributed by atoms with E-state index in [1.807, 2.05) is 0 Å². The van der Waals surface area contributed by atoms with Gasteiger partial charge in [0.25, 0.3) is 0 Å². The van der Waals surface area contributed by atoms with Crippen LogP contribution in [0, 0.1) is 0 Å². The van der Waals surface area contributed by atoms with Gasteiger partial charge in [0.2, 0.25) is 0 Å². The van der Waals surface area contributed by atoms with E-state index in [1.165, 1.54) is 0 Å². The highest BCUT2D eigenvalue weighted by Crippen LogP contribution is 2.04. The average Bonchev–Trinajstić information content (AvgIpc) is 2.49. The van der Waals surface area contributed by atoms with Gasteiger partial charge in [-0.3, -0.25) is 0 Å². The first-order valence-electron chi connectivity index (χ1n) is 4.44. The number of likely N-dealkylation sites (N-methyl/N-ethyl adjacent to an activating group) is 1. The number of rotatable bonds is 4. The molecule has 0 aromatic rings. The van der Waals surface area contributed by atoms with Crippen molar-refractivity contribution in [3.63, 3.8) is 0 Å². The highest BCUT2D eigenvalue weighted by Gasteiger charge is 2.24. The van der Waals surface area contributed by atoms with Crippen molar-refractivity contribution in [3.8, 4) is 0 Å². The number of esters is 1. The highest BCUT2D eigenvalue weighted by molar-refractivity contribution is 5.81. The molecule has 0 radical (unpaired) electrons. The molecule has 1 rings (SSSR count). The first kappa shape index (κ1) is 10.6. The number of carbonyl (C=O) groups is 2. The minimum Gasteiger partial charge on any atom is -0.461 e. The van der Waals surface area contributed by atoms with Gasteiger partial charge >= 0.3 is 12.0 Å². The summed E-state index contributed by atoms with van der Waals surface area (Å²) in [6.45, 7) is 5.37. The summed E-state index contributed by atoms with van der Waals surface area (Å²) in [7, 11) is 1.75. The molecule has 2 amide bonds. The van der Waals surface area contributed by atoms with Gasteiger partial charge in [-0.25, -0.2) is 9.59 Å². The van der Waals surface area contributed by atoms with Crippen LogP contribution in [0.3, 0.4) is 0 Å². The maximum atomic E-state index is 11.3. The fraction of sp³-hybridized carbons (Fsp3) is 0.556. The Morgan fingerprint density at radius 3 is 2.86 bits per heavy atom. The summed E-state index contributed by atoms with van der Waals surface area (Å²) >= 11 is 0. The number of carbonyl (C=O) groups excluding carboxylic acids is 2. The Morgan fingerprint density at radius 1 is 1.64 bits per heavy atom. The van der Waals surface area contributed by atoms with E-state index in [2.05, 4.69) is 6.58 Å². The van der Waals surface area contributed by atoms with Gasteiger partial charge in [-0.1, -0.05) is 6.58 Å². The maximum absolute atomic E-state index is 11.3. The molecule has 1 fully saturated rings. The van der Waals surface area contributed by atoms with Crippen LogP contribution in [-0.2, 0) is 9.53 Å². The van der Waals surface area contributed by atoms with E-state index >= 15 is 0 Å². The molecule has 0 N–H and O–H groups in total. The van der Waals surface area contributed by atoms with Crippen LogP contribution in [0.2, 0.25) is 0 Å².